The first-order chi connectivity index (χ1) is 11.1. The first kappa shape index (κ1) is 16.5. The summed E-state index contributed by atoms with van der Waals surface area (Å²) in [6.07, 6.45) is 0.484. The van der Waals surface area contributed by atoms with Gasteiger partial charge in [-0.1, -0.05) is 18.2 Å². The van der Waals surface area contributed by atoms with E-state index in [0.717, 1.165) is 0 Å². The van der Waals surface area contributed by atoms with Crippen LogP contribution < -0.4 is 14.2 Å². The van der Waals surface area contributed by atoms with E-state index in [9.17, 15) is 15.0 Å². The van der Waals surface area contributed by atoms with Gasteiger partial charge in [0.15, 0.2) is 17.8 Å². The Morgan fingerprint density at radius 3 is 2.26 bits per heavy atom. The third-order valence-electron chi connectivity index (χ3n) is 3.38. The third-order valence-corrected chi connectivity index (χ3v) is 3.38. The zero-order valence-corrected chi connectivity index (χ0v) is 13.1. The number of ether oxygens (including phenoxy) is 3. The zero-order chi connectivity index (χ0) is 17.0. The average Bonchev–Trinajstić information content (AvgIpc) is 2.56. The van der Waals surface area contributed by atoms with Gasteiger partial charge in [-0.25, -0.2) is 0 Å². The molecular formula is C17H18O6. The van der Waals surface area contributed by atoms with Crippen LogP contribution in [0.2, 0.25) is 0 Å². The minimum atomic E-state index is -0.456. The van der Waals surface area contributed by atoms with Gasteiger partial charge in [-0.3, -0.25) is 4.79 Å². The Morgan fingerprint density at radius 2 is 1.70 bits per heavy atom. The van der Waals surface area contributed by atoms with Gasteiger partial charge in [0, 0.05) is 11.1 Å². The van der Waals surface area contributed by atoms with Crippen molar-refractivity contribution in [2.24, 2.45) is 0 Å². The van der Waals surface area contributed by atoms with E-state index in [1.165, 1.54) is 14.2 Å². The number of rotatable bonds is 6. The molecule has 0 saturated carbocycles. The molecule has 0 heterocycles. The maximum absolute atomic E-state index is 11.5. The van der Waals surface area contributed by atoms with E-state index in [-0.39, 0.29) is 28.4 Å². The van der Waals surface area contributed by atoms with Gasteiger partial charge < -0.3 is 24.4 Å². The predicted octanol–water partition coefficient (Wildman–Crippen LogP) is 2.99. The fraction of sp³-hybridized carbons (Fsp3) is 0.235. The molecule has 0 radical (unpaired) electrons. The van der Waals surface area contributed by atoms with Crippen LogP contribution in [0.4, 0.5) is 0 Å². The largest absolute Gasteiger partial charge is 0.504 e. The highest BCUT2D eigenvalue weighted by Gasteiger charge is 2.27. The minimum absolute atomic E-state index is 0.0221. The number of methoxy groups -OCH3 is 2. The molecular weight excluding hydrogens is 300 g/mol. The molecule has 0 aromatic heterocycles. The molecule has 0 fully saturated rings. The van der Waals surface area contributed by atoms with Crippen molar-refractivity contribution in [2.45, 2.75) is 6.92 Å². The van der Waals surface area contributed by atoms with E-state index in [2.05, 4.69) is 0 Å². The number of benzene rings is 2. The highest BCUT2D eigenvalue weighted by molar-refractivity contribution is 5.98. The molecule has 2 aromatic carbocycles. The van der Waals surface area contributed by atoms with Crippen molar-refractivity contribution in [3.8, 4) is 39.9 Å². The fourth-order valence-corrected chi connectivity index (χ4v) is 2.43. The molecule has 6 heteroatoms. The Hall–Kier alpha value is -2.89. The lowest BCUT2D eigenvalue weighted by Gasteiger charge is -2.19. The lowest BCUT2D eigenvalue weighted by Crippen LogP contribution is -2.00. The molecule has 0 atom stereocenters. The first-order valence-corrected chi connectivity index (χ1v) is 6.97. The second-order valence-electron chi connectivity index (χ2n) is 4.60. The van der Waals surface area contributed by atoms with E-state index in [1.54, 1.807) is 24.3 Å². The maximum atomic E-state index is 11.5. The van der Waals surface area contributed by atoms with E-state index in [4.69, 9.17) is 14.2 Å². The SMILES string of the molecule is CCOc1ccccc1-c1c(C=O)c(O)c(OC)c(O)c1OC. The minimum Gasteiger partial charge on any atom is -0.504 e. The van der Waals surface area contributed by atoms with E-state index >= 15 is 0 Å². The second-order valence-corrected chi connectivity index (χ2v) is 4.60. The van der Waals surface area contributed by atoms with Crippen LogP contribution in [0.15, 0.2) is 24.3 Å². The molecule has 0 spiro atoms. The van der Waals surface area contributed by atoms with Gasteiger partial charge in [0.1, 0.15) is 5.75 Å². The van der Waals surface area contributed by atoms with Crippen LogP contribution in [-0.2, 0) is 0 Å². The van der Waals surface area contributed by atoms with Gasteiger partial charge >= 0.3 is 0 Å². The van der Waals surface area contributed by atoms with Crippen molar-refractivity contribution in [1.82, 2.24) is 0 Å². The highest BCUT2D eigenvalue weighted by Crippen LogP contribution is 2.52. The number of hydrogen-bond donors (Lipinski definition) is 2. The van der Waals surface area contributed by atoms with Crippen molar-refractivity contribution >= 4 is 6.29 Å². The molecule has 0 amide bonds. The number of carbonyl (C=O) groups excluding carboxylic acids is 1. The summed E-state index contributed by atoms with van der Waals surface area (Å²) in [5.74, 6) is -0.544. The molecule has 0 unspecified atom stereocenters. The highest BCUT2D eigenvalue weighted by atomic mass is 16.5. The third kappa shape index (κ3) is 2.75. The Morgan fingerprint density at radius 1 is 1.04 bits per heavy atom. The predicted molar refractivity (Wildman–Crippen MR) is 84.9 cm³/mol. The normalized spacial score (nSPS) is 10.2. The summed E-state index contributed by atoms with van der Waals surface area (Å²) in [6, 6.07) is 6.97. The summed E-state index contributed by atoms with van der Waals surface area (Å²) in [7, 11) is 2.63. The average molecular weight is 318 g/mol. The quantitative estimate of drug-likeness (QED) is 0.796. The molecule has 0 bridgehead atoms. The molecule has 23 heavy (non-hydrogen) atoms. The summed E-state index contributed by atoms with van der Waals surface area (Å²) in [4.78, 5) is 11.5. The summed E-state index contributed by atoms with van der Waals surface area (Å²) in [5.41, 5.74) is 0.701. The molecule has 0 aliphatic carbocycles. The Bertz CT molecular complexity index is 724. The molecule has 0 aliphatic rings. The van der Waals surface area contributed by atoms with Gasteiger partial charge in [-0.05, 0) is 13.0 Å². The zero-order valence-electron chi connectivity index (χ0n) is 13.1. The van der Waals surface area contributed by atoms with Crippen molar-refractivity contribution in [2.75, 3.05) is 20.8 Å². The molecule has 0 saturated heterocycles. The van der Waals surface area contributed by atoms with Crippen molar-refractivity contribution in [3.05, 3.63) is 29.8 Å². The van der Waals surface area contributed by atoms with Crippen LogP contribution in [0.25, 0.3) is 11.1 Å². The number of phenolic OH excluding ortho intramolecular Hbond substituents is 2. The molecule has 2 aromatic rings. The van der Waals surface area contributed by atoms with Crippen molar-refractivity contribution < 1.29 is 29.2 Å². The fourth-order valence-electron chi connectivity index (χ4n) is 2.43. The molecule has 2 N–H and O–H groups in total. The summed E-state index contributed by atoms with van der Waals surface area (Å²) in [5, 5.41) is 20.5. The summed E-state index contributed by atoms with van der Waals surface area (Å²) < 4.78 is 15.8. The lowest BCUT2D eigenvalue weighted by atomic mass is 9.96. The number of hydrogen-bond acceptors (Lipinski definition) is 6. The van der Waals surface area contributed by atoms with Gasteiger partial charge in [-0.15, -0.1) is 0 Å². The second kappa shape index (κ2) is 6.91. The van der Waals surface area contributed by atoms with Gasteiger partial charge in [0.25, 0.3) is 0 Å². The maximum Gasteiger partial charge on any atom is 0.207 e. The smallest absolute Gasteiger partial charge is 0.207 e. The van der Waals surface area contributed by atoms with Crippen molar-refractivity contribution in [1.29, 1.82) is 0 Å². The molecule has 6 nitrogen and oxygen atoms in total. The lowest BCUT2D eigenvalue weighted by molar-refractivity contribution is 0.112. The Kier molecular flexibility index (Phi) is 4.95. The Labute approximate surface area is 133 Å². The number of carbonyl (C=O) groups is 1. The van der Waals surface area contributed by atoms with E-state index in [0.29, 0.717) is 24.2 Å². The van der Waals surface area contributed by atoms with Gasteiger partial charge in [0.05, 0.1) is 26.4 Å². The summed E-state index contributed by atoms with van der Waals surface area (Å²) >= 11 is 0. The molecule has 122 valence electrons. The molecule has 0 aliphatic heterocycles. The van der Waals surface area contributed by atoms with Crippen LogP contribution in [0.1, 0.15) is 17.3 Å². The number of phenols is 2. The standard InChI is InChI=1S/C17H18O6/c1-4-23-12-8-6-5-7-10(12)13-11(9-18)14(19)17(22-3)15(20)16(13)21-2/h5-9,19-20H,4H2,1-3H3. The number of para-hydroxylation sites is 1. The van der Waals surface area contributed by atoms with Crippen LogP contribution in [0.5, 0.6) is 28.7 Å². The van der Waals surface area contributed by atoms with Crippen LogP contribution in [-0.4, -0.2) is 37.3 Å². The van der Waals surface area contributed by atoms with Crippen LogP contribution in [0, 0.1) is 0 Å². The topological polar surface area (TPSA) is 85.2 Å². The van der Waals surface area contributed by atoms with Crippen LogP contribution in [0.3, 0.4) is 0 Å². The number of aromatic hydroxyl groups is 2. The first-order valence-electron chi connectivity index (χ1n) is 6.97. The van der Waals surface area contributed by atoms with Crippen molar-refractivity contribution in [3.63, 3.8) is 0 Å². The van der Waals surface area contributed by atoms with Gasteiger partial charge in [0.2, 0.25) is 11.5 Å². The summed E-state index contributed by atoms with van der Waals surface area (Å²) in [6.45, 7) is 2.25. The van der Waals surface area contributed by atoms with E-state index < -0.39 is 5.75 Å². The monoisotopic (exact) mass is 318 g/mol. The van der Waals surface area contributed by atoms with Gasteiger partial charge in [-0.2, -0.15) is 0 Å². The van der Waals surface area contributed by atoms with Crippen LogP contribution >= 0.6 is 0 Å². The number of aldehydes is 1. The Balaban J connectivity index is 2.89. The molecule has 2 rings (SSSR count). The van der Waals surface area contributed by atoms with E-state index in [1.807, 2.05) is 6.92 Å².